The van der Waals surface area contributed by atoms with Gasteiger partial charge in [0.05, 0.1) is 14.9 Å². The van der Waals surface area contributed by atoms with E-state index in [1.165, 1.54) is 26.2 Å². The number of carbonyl (C=O) groups is 1. The molecule has 0 saturated heterocycles. The number of aromatic nitrogens is 2. The van der Waals surface area contributed by atoms with Crippen LogP contribution in [0, 0.1) is 6.92 Å². The van der Waals surface area contributed by atoms with E-state index in [4.69, 9.17) is 11.6 Å². The number of nitrogens with zero attached hydrogens (tertiary/aromatic N) is 4. The standard InChI is InChI=1S/C16H14ClN3O3S4.C7H10N2/c1-9-14(26-16(18-9)12-2-3-13(17)25-12)15(21)19-27(22,23)20-6-4-11-10(8-20)5-7-24-11;1-9(2)7-3-5-8-6-4-7/h2-3,5,7H,4,6,8H2,1H3,(H,19,21);3-6H,1-2H3. The number of thiazole rings is 1. The number of hydrogen-bond acceptors (Lipinski definition) is 9. The highest BCUT2D eigenvalue weighted by Gasteiger charge is 2.30. The lowest BCUT2D eigenvalue weighted by atomic mass is 10.1. The Morgan fingerprint density at radius 3 is 2.53 bits per heavy atom. The van der Waals surface area contributed by atoms with Crippen molar-refractivity contribution in [3.05, 3.63) is 73.5 Å². The molecule has 0 bridgehead atoms. The van der Waals surface area contributed by atoms with Crippen molar-refractivity contribution in [1.29, 1.82) is 0 Å². The first kappa shape index (κ1) is 26.7. The van der Waals surface area contributed by atoms with Gasteiger partial charge in [-0.05, 0) is 54.6 Å². The zero-order chi connectivity index (χ0) is 25.9. The van der Waals surface area contributed by atoms with E-state index in [-0.39, 0.29) is 11.4 Å². The van der Waals surface area contributed by atoms with E-state index in [9.17, 15) is 13.2 Å². The molecule has 0 aromatic carbocycles. The van der Waals surface area contributed by atoms with Crippen LogP contribution in [0.25, 0.3) is 9.88 Å². The molecule has 5 heterocycles. The first-order valence-corrected chi connectivity index (χ1v) is 15.1. The molecule has 5 rings (SSSR count). The molecule has 13 heteroatoms. The van der Waals surface area contributed by atoms with Crippen LogP contribution in [0.4, 0.5) is 5.69 Å². The lowest BCUT2D eigenvalue weighted by Gasteiger charge is -2.25. The minimum absolute atomic E-state index is 0.280. The summed E-state index contributed by atoms with van der Waals surface area (Å²) in [6, 6.07) is 9.46. The second kappa shape index (κ2) is 11.4. The van der Waals surface area contributed by atoms with Crippen LogP contribution in [0.2, 0.25) is 4.34 Å². The molecule has 8 nitrogen and oxygen atoms in total. The molecule has 0 aliphatic carbocycles. The maximum atomic E-state index is 12.7. The van der Waals surface area contributed by atoms with Crippen LogP contribution in [0.15, 0.2) is 48.1 Å². The molecule has 0 atom stereocenters. The molecule has 36 heavy (non-hydrogen) atoms. The summed E-state index contributed by atoms with van der Waals surface area (Å²) in [5, 5.41) is 2.60. The van der Waals surface area contributed by atoms with Crippen molar-refractivity contribution >= 4 is 67.4 Å². The van der Waals surface area contributed by atoms with E-state index in [2.05, 4.69) is 14.7 Å². The maximum absolute atomic E-state index is 12.7. The summed E-state index contributed by atoms with van der Waals surface area (Å²) in [7, 11) is 0.0980. The van der Waals surface area contributed by atoms with Crippen molar-refractivity contribution in [2.45, 2.75) is 19.9 Å². The minimum Gasteiger partial charge on any atom is -0.378 e. The molecule has 0 unspecified atom stereocenters. The molecule has 0 spiro atoms. The summed E-state index contributed by atoms with van der Waals surface area (Å²) in [5.74, 6) is -0.657. The maximum Gasteiger partial charge on any atom is 0.304 e. The highest BCUT2D eigenvalue weighted by molar-refractivity contribution is 7.87. The van der Waals surface area contributed by atoms with Crippen LogP contribution in [0.3, 0.4) is 0 Å². The van der Waals surface area contributed by atoms with Crippen LogP contribution in [0.1, 0.15) is 25.8 Å². The summed E-state index contributed by atoms with van der Waals surface area (Å²) in [4.78, 5) is 25.3. The first-order chi connectivity index (χ1) is 17.1. The Morgan fingerprint density at radius 1 is 1.14 bits per heavy atom. The van der Waals surface area contributed by atoms with Crippen LogP contribution < -0.4 is 9.62 Å². The van der Waals surface area contributed by atoms with E-state index in [0.29, 0.717) is 28.0 Å². The molecule has 0 fully saturated rings. The van der Waals surface area contributed by atoms with Crippen LogP contribution in [-0.4, -0.2) is 49.2 Å². The van der Waals surface area contributed by atoms with Gasteiger partial charge in [0, 0.05) is 50.1 Å². The summed E-state index contributed by atoms with van der Waals surface area (Å²) in [5.41, 5.74) is 2.67. The van der Waals surface area contributed by atoms with Gasteiger partial charge in [-0.25, -0.2) is 9.71 Å². The SMILES string of the molecule is CN(C)c1ccncc1.Cc1nc(-c2ccc(Cl)s2)sc1C(=O)NS(=O)(=O)N1CCc2sccc2C1. The zero-order valence-corrected chi connectivity index (χ0v) is 23.8. The Hall–Kier alpha value is -2.35. The summed E-state index contributed by atoms with van der Waals surface area (Å²) in [6.07, 6.45) is 4.23. The van der Waals surface area contributed by atoms with Gasteiger partial charge in [0.15, 0.2) is 0 Å². The second-order valence-electron chi connectivity index (χ2n) is 8.03. The van der Waals surface area contributed by atoms with Crippen molar-refractivity contribution in [2.75, 3.05) is 25.5 Å². The average Bonchev–Trinajstić information content (AvgIpc) is 3.58. The Kier molecular flexibility index (Phi) is 8.43. The zero-order valence-electron chi connectivity index (χ0n) is 19.8. The third kappa shape index (κ3) is 6.31. The molecule has 4 aromatic heterocycles. The fraction of sp³-hybridized carbons (Fsp3) is 0.261. The fourth-order valence-electron chi connectivity index (χ4n) is 3.44. The third-order valence-corrected chi connectivity index (χ3v) is 10.3. The summed E-state index contributed by atoms with van der Waals surface area (Å²) < 4.78 is 29.4. The number of carbonyl (C=O) groups excluding carboxylic acids is 1. The molecule has 1 aliphatic heterocycles. The molecule has 1 aliphatic rings. The molecule has 1 amide bonds. The van der Waals surface area contributed by atoms with Crippen LogP contribution >= 0.6 is 45.6 Å². The largest absolute Gasteiger partial charge is 0.378 e. The number of hydrogen-bond donors (Lipinski definition) is 1. The minimum atomic E-state index is -3.92. The number of nitrogens with one attached hydrogen (secondary N) is 1. The summed E-state index contributed by atoms with van der Waals surface area (Å²) in [6.45, 7) is 2.33. The highest BCUT2D eigenvalue weighted by Crippen LogP contribution is 2.35. The van der Waals surface area contributed by atoms with E-state index in [1.54, 1.807) is 36.7 Å². The van der Waals surface area contributed by atoms with Gasteiger partial charge in [-0.15, -0.1) is 34.0 Å². The monoisotopic (exact) mass is 581 g/mol. The Morgan fingerprint density at radius 2 is 1.89 bits per heavy atom. The van der Waals surface area contributed by atoms with Gasteiger partial charge in [-0.1, -0.05) is 11.6 Å². The van der Waals surface area contributed by atoms with Gasteiger partial charge in [0.1, 0.15) is 9.88 Å². The Labute approximate surface area is 227 Å². The predicted octanol–water partition coefficient (Wildman–Crippen LogP) is 5.08. The molecule has 0 saturated carbocycles. The van der Waals surface area contributed by atoms with Crippen LogP contribution in [-0.2, 0) is 23.2 Å². The van der Waals surface area contributed by atoms with Crippen molar-refractivity contribution in [1.82, 2.24) is 19.0 Å². The molecular formula is C23H24ClN5O3S4. The van der Waals surface area contributed by atoms with Gasteiger partial charge in [-0.2, -0.15) is 12.7 Å². The van der Waals surface area contributed by atoms with Gasteiger partial charge < -0.3 is 4.90 Å². The number of aryl methyl sites for hydroxylation is 1. The predicted molar refractivity (Wildman–Crippen MR) is 149 cm³/mol. The normalized spacial score (nSPS) is 13.4. The van der Waals surface area contributed by atoms with E-state index >= 15 is 0 Å². The molecule has 190 valence electrons. The highest BCUT2D eigenvalue weighted by atomic mass is 35.5. The average molecular weight is 582 g/mol. The lowest BCUT2D eigenvalue weighted by Crippen LogP contribution is -2.45. The van der Waals surface area contributed by atoms with Gasteiger partial charge in [0.2, 0.25) is 0 Å². The van der Waals surface area contributed by atoms with Gasteiger partial charge in [-0.3, -0.25) is 9.78 Å². The number of anilines is 1. The number of rotatable bonds is 5. The van der Waals surface area contributed by atoms with Crippen molar-refractivity contribution in [3.8, 4) is 9.88 Å². The fourth-order valence-corrected chi connectivity index (χ4v) is 7.56. The summed E-state index contributed by atoms with van der Waals surface area (Å²) >= 11 is 10.1. The number of halogens is 1. The molecular weight excluding hydrogens is 558 g/mol. The Bertz CT molecular complexity index is 1450. The number of thiophene rings is 2. The van der Waals surface area contributed by atoms with Gasteiger partial charge in [0.25, 0.3) is 5.91 Å². The smallest absolute Gasteiger partial charge is 0.304 e. The van der Waals surface area contributed by atoms with E-state index in [0.717, 1.165) is 21.8 Å². The first-order valence-electron chi connectivity index (χ1n) is 10.8. The van der Waals surface area contributed by atoms with Crippen LogP contribution in [0.5, 0.6) is 0 Å². The lowest BCUT2D eigenvalue weighted by molar-refractivity contribution is 0.0982. The Balaban J connectivity index is 0.000000286. The molecule has 1 N–H and O–H groups in total. The second-order valence-corrected chi connectivity index (χ2v) is 13.4. The topological polar surface area (TPSA) is 95.5 Å². The number of fused-ring (bicyclic) bond motifs is 1. The van der Waals surface area contributed by atoms with E-state index < -0.39 is 16.1 Å². The van der Waals surface area contributed by atoms with Gasteiger partial charge >= 0.3 is 10.2 Å². The number of pyridine rings is 1. The van der Waals surface area contributed by atoms with Crippen molar-refractivity contribution < 1.29 is 13.2 Å². The van der Waals surface area contributed by atoms with Crippen molar-refractivity contribution in [2.24, 2.45) is 0 Å². The third-order valence-electron chi connectivity index (χ3n) is 5.30. The molecule has 0 radical (unpaired) electrons. The van der Waals surface area contributed by atoms with E-state index in [1.807, 2.05) is 48.6 Å². The number of amides is 1. The molecule has 4 aromatic rings. The van der Waals surface area contributed by atoms with Crippen molar-refractivity contribution in [3.63, 3.8) is 0 Å². The quantitative estimate of drug-likeness (QED) is 0.353.